The van der Waals surface area contributed by atoms with Crippen LogP contribution in [0.25, 0.3) is 0 Å². The first kappa shape index (κ1) is 14.3. The van der Waals surface area contributed by atoms with E-state index in [9.17, 15) is 14.9 Å². The van der Waals surface area contributed by atoms with Gasteiger partial charge in [-0.1, -0.05) is 0 Å². The first-order valence-electron chi connectivity index (χ1n) is 2.62. The van der Waals surface area contributed by atoms with Crippen molar-refractivity contribution in [3.05, 3.63) is 10.1 Å². The van der Waals surface area contributed by atoms with Crippen LogP contribution in [0.4, 0.5) is 0 Å². The number of hydrogen-bond donors (Lipinski definition) is 0. The Bertz CT molecular complexity index is 146. The maximum atomic E-state index is 9.43. The van der Waals surface area contributed by atoms with Crippen LogP contribution >= 0.6 is 34.8 Å². The largest absolute Gasteiger partial charge is 0.468 e. The molecule has 0 aliphatic heterocycles. The molecule has 0 saturated carbocycles. The van der Waals surface area contributed by atoms with Crippen LogP contribution in [0, 0.1) is 10.1 Å². The van der Waals surface area contributed by atoms with E-state index in [1.54, 1.807) is 6.92 Å². The van der Waals surface area contributed by atoms with Crippen molar-refractivity contribution in [2.75, 3.05) is 6.61 Å². The van der Waals surface area contributed by atoms with Gasteiger partial charge in [0, 0.05) is 0 Å². The summed E-state index contributed by atoms with van der Waals surface area (Å²) in [5.74, 6) is 0. The lowest BCUT2D eigenvalue weighted by Gasteiger charge is -1.96. The number of carbonyl (C=O) groups is 1. The van der Waals surface area contributed by atoms with Crippen molar-refractivity contribution < 1.29 is 14.5 Å². The third-order valence-corrected chi connectivity index (χ3v) is 0.856. The molecule has 72 valence electrons. The molecule has 0 bridgehead atoms. The second kappa shape index (κ2) is 7.39. The smallest absolute Gasteiger partial charge is 0.449 e. The molecule has 0 radical (unpaired) electrons. The Labute approximate surface area is 83.7 Å². The van der Waals surface area contributed by atoms with E-state index in [0.717, 1.165) is 0 Å². The number of nitrogens with zero attached hydrogens (tertiary/aromatic N) is 1. The van der Waals surface area contributed by atoms with Gasteiger partial charge in [-0.2, -0.15) is 0 Å². The molecule has 0 amide bonds. The van der Waals surface area contributed by atoms with Crippen LogP contribution in [-0.4, -0.2) is 21.9 Å². The van der Waals surface area contributed by atoms with Crippen LogP contribution in [0.5, 0.6) is 0 Å². The summed E-state index contributed by atoms with van der Waals surface area (Å²) in [5.41, 5.74) is 0. The molecule has 12 heavy (non-hydrogen) atoms. The maximum absolute atomic E-state index is 9.43. The summed E-state index contributed by atoms with van der Waals surface area (Å²) in [6.45, 7) is 2.66. The number of alkyl halides is 3. The predicted molar refractivity (Wildman–Crippen MR) is 45.0 cm³/mol. The van der Waals surface area contributed by atoms with Crippen molar-refractivity contribution in [3.8, 4) is 0 Å². The molecule has 0 spiro atoms. The summed E-state index contributed by atoms with van der Waals surface area (Å²) in [7, 11) is 0. The summed E-state index contributed by atoms with van der Waals surface area (Å²) in [5, 5.41) is 9.43. The summed E-state index contributed by atoms with van der Waals surface area (Å²) >= 11 is 14.1. The molecule has 0 aliphatic rings. The molecule has 0 aromatic rings. The molecule has 0 rings (SSSR count). The second-order valence-electron chi connectivity index (χ2n) is 1.28. The lowest BCUT2D eigenvalue weighted by molar-refractivity contribution is -0.491. The van der Waals surface area contributed by atoms with E-state index in [0.29, 0.717) is 13.1 Å². The number of rotatable bonds is 2. The molecule has 0 aromatic carbocycles. The first-order valence-corrected chi connectivity index (χ1v) is 3.76. The molecule has 0 heterocycles. The van der Waals surface area contributed by atoms with Crippen LogP contribution in [0.1, 0.15) is 6.92 Å². The first-order chi connectivity index (χ1) is 5.36. The van der Waals surface area contributed by atoms with E-state index >= 15 is 0 Å². The average molecular weight is 238 g/mol. The summed E-state index contributed by atoms with van der Waals surface area (Å²) in [4.78, 5) is 17.6. The molecular weight excluding hydrogens is 232 g/mol. The van der Waals surface area contributed by atoms with E-state index in [-0.39, 0.29) is 0 Å². The third kappa shape index (κ3) is 12.4. The molecule has 8 heteroatoms. The molecule has 0 unspecified atom stereocenters. The zero-order valence-electron chi connectivity index (χ0n) is 6.00. The van der Waals surface area contributed by atoms with E-state index in [1.807, 2.05) is 0 Å². The number of ether oxygens (including phenoxy) is 1. The minimum atomic E-state index is -2.36. The van der Waals surface area contributed by atoms with Gasteiger partial charge in [-0.15, -0.1) is 0 Å². The standard InChI is InChI=1S/C3H6O2.CCl3NO2/c1-2-5-3-4;2-1(3,4)5(6)7/h3H,2H2,1H3;. The predicted octanol–water partition coefficient (Wildman–Crippen LogP) is 1.77. The van der Waals surface area contributed by atoms with Gasteiger partial charge in [0.15, 0.2) is 0 Å². The van der Waals surface area contributed by atoms with Crippen molar-refractivity contribution >= 4 is 41.3 Å². The molecule has 0 atom stereocenters. The Kier molecular flexibility index (Phi) is 8.79. The highest BCUT2D eigenvalue weighted by molar-refractivity contribution is 6.65. The van der Waals surface area contributed by atoms with Gasteiger partial charge >= 0.3 is 3.92 Å². The van der Waals surface area contributed by atoms with Crippen LogP contribution in [0.15, 0.2) is 0 Å². The number of nitro groups is 1. The quantitative estimate of drug-likeness (QED) is 0.242. The molecule has 0 N–H and O–H groups in total. The Morgan fingerprint density at radius 2 is 1.92 bits per heavy atom. The Morgan fingerprint density at radius 1 is 1.58 bits per heavy atom. The van der Waals surface area contributed by atoms with Crippen LogP contribution < -0.4 is 0 Å². The van der Waals surface area contributed by atoms with Crippen LogP contribution in [-0.2, 0) is 9.53 Å². The highest BCUT2D eigenvalue weighted by Crippen LogP contribution is 2.25. The van der Waals surface area contributed by atoms with Gasteiger partial charge < -0.3 is 4.74 Å². The van der Waals surface area contributed by atoms with E-state index in [4.69, 9.17) is 34.8 Å². The molecular formula is C4H6Cl3NO4. The van der Waals surface area contributed by atoms with Crippen molar-refractivity contribution in [1.29, 1.82) is 0 Å². The highest BCUT2D eigenvalue weighted by atomic mass is 35.6. The van der Waals surface area contributed by atoms with Gasteiger partial charge in [-0.25, -0.2) is 0 Å². The summed E-state index contributed by atoms with van der Waals surface area (Å²) in [6, 6.07) is 0. The second-order valence-corrected chi connectivity index (χ2v) is 3.50. The van der Waals surface area contributed by atoms with Gasteiger partial charge in [0.1, 0.15) is 0 Å². The van der Waals surface area contributed by atoms with Gasteiger partial charge in [-0.3, -0.25) is 14.9 Å². The average Bonchev–Trinajstić information content (AvgIpc) is 1.88. The summed E-state index contributed by atoms with van der Waals surface area (Å²) in [6.07, 6.45) is 0. The van der Waals surface area contributed by atoms with E-state index in [2.05, 4.69) is 4.74 Å². The Morgan fingerprint density at radius 3 is 1.92 bits per heavy atom. The zero-order chi connectivity index (χ0) is 10.2. The monoisotopic (exact) mass is 237 g/mol. The number of carbonyl (C=O) groups excluding carboxylic acids is 1. The molecule has 0 aliphatic carbocycles. The molecule has 5 nitrogen and oxygen atoms in total. The van der Waals surface area contributed by atoms with Crippen molar-refractivity contribution in [2.45, 2.75) is 10.8 Å². The van der Waals surface area contributed by atoms with E-state index < -0.39 is 8.84 Å². The fourth-order valence-corrected chi connectivity index (χ4v) is 0.0680. The SMILES string of the molecule is CCOC=O.O=[N+]([O-])C(Cl)(Cl)Cl. The minimum Gasteiger partial charge on any atom is -0.468 e. The van der Waals surface area contributed by atoms with E-state index in [1.165, 1.54) is 0 Å². The van der Waals surface area contributed by atoms with Gasteiger partial charge in [0.25, 0.3) is 6.47 Å². The number of halogens is 3. The van der Waals surface area contributed by atoms with Crippen molar-refractivity contribution in [3.63, 3.8) is 0 Å². The molecule has 0 fully saturated rings. The minimum absolute atomic E-state index is 0.431. The zero-order valence-corrected chi connectivity index (χ0v) is 8.27. The maximum Gasteiger partial charge on any atom is 0.449 e. The Hall–Kier alpha value is -0.260. The number of hydrogen-bond acceptors (Lipinski definition) is 4. The topological polar surface area (TPSA) is 69.4 Å². The van der Waals surface area contributed by atoms with Crippen molar-refractivity contribution in [2.24, 2.45) is 0 Å². The molecule has 0 aromatic heterocycles. The third-order valence-electron chi connectivity index (χ3n) is 0.442. The van der Waals surface area contributed by atoms with Gasteiger partial charge in [-0.05, 0) is 41.7 Å². The van der Waals surface area contributed by atoms with Crippen LogP contribution in [0.2, 0.25) is 0 Å². The highest BCUT2D eigenvalue weighted by Gasteiger charge is 2.33. The van der Waals surface area contributed by atoms with Gasteiger partial charge in [0.2, 0.25) is 0 Å². The lowest BCUT2D eigenvalue weighted by Crippen LogP contribution is -2.15. The Balaban J connectivity index is 0. The lowest BCUT2D eigenvalue weighted by atomic mass is 10.9. The summed E-state index contributed by atoms with van der Waals surface area (Å²) < 4.78 is 1.79. The van der Waals surface area contributed by atoms with Gasteiger partial charge in [0.05, 0.1) is 11.5 Å². The van der Waals surface area contributed by atoms with Crippen molar-refractivity contribution in [1.82, 2.24) is 0 Å². The van der Waals surface area contributed by atoms with Crippen LogP contribution in [0.3, 0.4) is 0 Å². The fraction of sp³-hybridized carbons (Fsp3) is 0.750. The fourth-order valence-electron chi connectivity index (χ4n) is 0.0680. The molecule has 0 saturated heterocycles. The normalized spacial score (nSPS) is 9.33.